The predicted molar refractivity (Wildman–Crippen MR) is 177 cm³/mol. The largest absolute Gasteiger partial charge is 0.339 e. The zero-order chi connectivity index (χ0) is 33.0. The third kappa shape index (κ3) is 6.96. The molecular weight excluding hydrogens is 602 g/mol. The number of nitrogens with zero attached hydrogens (tertiary/aromatic N) is 5. The number of anilines is 1. The van der Waals surface area contributed by atoms with E-state index in [1.54, 1.807) is 19.2 Å². The standard InChI is InChI=1S/C34H34ClN9O2/c1-20-31(21(2)41-40-20)22-9-12-27(13-10-22)38-32(45)29(39-33(46)30-15-16-37-44(30)5)19-25-17-24(11-14-28(25)35)23-7-6-8-26(18-23)34(3,4)42-43-36/h6-18,29H,19H2,1-5H3,(H3,36,39,42,46)/p+1/t29-/m0/s1. The first-order chi connectivity index (χ1) is 22.0. The van der Waals surface area contributed by atoms with Gasteiger partial charge >= 0.3 is 0 Å². The van der Waals surface area contributed by atoms with Crippen LogP contribution in [-0.4, -0.2) is 37.8 Å². The van der Waals surface area contributed by atoms with Crippen molar-refractivity contribution >= 4 is 29.1 Å². The summed E-state index contributed by atoms with van der Waals surface area (Å²) in [6, 6.07) is 21.5. The molecule has 0 fully saturated rings. The summed E-state index contributed by atoms with van der Waals surface area (Å²) in [5, 5.41) is 21.7. The van der Waals surface area contributed by atoms with Crippen molar-refractivity contribution < 1.29 is 9.59 Å². The van der Waals surface area contributed by atoms with Crippen LogP contribution in [0.3, 0.4) is 0 Å². The smallest absolute Gasteiger partial charge is 0.270 e. The van der Waals surface area contributed by atoms with Crippen molar-refractivity contribution in [1.29, 1.82) is 5.53 Å². The number of aromatic amines is 1. The molecule has 0 unspecified atom stereocenters. The molecule has 0 radical (unpaired) electrons. The summed E-state index contributed by atoms with van der Waals surface area (Å²) >= 11 is 6.68. The predicted octanol–water partition coefficient (Wildman–Crippen LogP) is 6.51. The van der Waals surface area contributed by atoms with Crippen LogP contribution in [0.25, 0.3) is 22.3 Å². The number of hydrogen-bond donors (Lipinski definition) is 4. The van der Waals surface area contributed by atoms with Gasteiger partial charge < -0.3 is 10.6 Å². The van der Waals surface area contributed by atoms with Gasteiger partial charge in [0.1, 0.15) is 22.4 Å². The molecule has 0 aliphatic carbocycles. The molecular formula is C34H35ClN9O2+. The molecule has 0 saturated carbocycles. The van der Waals surface area contributed by atoms with Gasteiger partial charge in [0.25, 0.3) is 5.91 Å². The number of rotatable bonds is 10. The normalized spacial score (nSPS) is 11.9. The van der Waals surface area contributed by atoms with E-state index >= 15 is 0 Å². The topological polar surface area (TPSA) is 155 Å². The highest BCUT2D eigenvalue weighted by molar-refractivity contribution is 6.31. The van der Waals surface area contributed by atoms with Gasteiger partial charge in [-0.3, -0.25) is 19.4 Å². The van der Waals surface area contributed by atoms with Gasteiger partial charge in [-0.2, -0.15) is 10.2 Å². The number of aromatic nitrogens is 4. The number of benzene rings is 3. The molecule has 4 N–H and O–H groups in total. The number of carbonyl (C=O) groups is 2. The fourth-order valence-electron chi connectivity index (χ4n) is 5.36. The zero-order valence-electron chi connectivity index (χ0n) is 26.2. The van der Waals surface area contributed by atoms with Crippen LogP contribution in [0.2, 0.25) is 5.02 Å². The minimum Gasteiger partial charge on any atom is -0.339 e. The van der Waals surface area contributed by atoms with Crippen LogP contribution < -0.4 is 15.5 Å². The van der Waals surface area contributed by atoms with Gasteiger partial charge in [0.15, 0.2) is 5.54 Å². The van der Waals surface area contributed by atoms with E-state index in [1.807, 2.05) is 88.4 Å². The summed E-state index contributed by atoms with van der Waals surface area (Å²) in [5.74, 6) is -0.836. The Labute approximate surface area is 271 Å². The maximum atomic E-state index is 13.8. The molecule has 5 aromatic rings. The number of nitrogens with one attached hydrogen (secondary N) is 4. The third-order valence-corrected chi connectivity index (χ3v) is 8.29. The molecule has 46 heavy (non-hydrogen) atoms. The molecule has 0 bridgehead atoms. The number of carbonyl (C=O) groups excluding carboxylic acids is 2. The van der Waals surface area contributed by atoms with Crippen molar-refractivity contribution in [2.45, 2.75) is 45.7 Å². The van der Waals surface area contributed by atoms with Crippen molar-refractivity contribution in [1.82, 2.24) is 30.2 Å². The minimum absolute atomic E-state index is 0.131. The van der Waals surface area contributed by atoms with E-state index in [2.05, 4.69) is 36.0 Å². The Hall–Kier alpha value is -5.38. The van der Waals surface area contributed by atoms with Crippen LogP contribution in [0.15, 0.2) is 84.1 Å². The Balaban J connectivity index is 1.43. The molecule has 234 valence electrons. The second-order valence-corrected chi connectivity index (χ2v) is 12.0. The van der Waals surface area contributed by atoms with Crippen LogP contribution in [0.1, 0.15) is 46.9 Å². The Morgan fingerprint density at radius 1 is 1.04 bits per heavy atom. The summed E-state index contributed by atoms with van der Waals surface area (Å²) < 4.78 is 1.45. The second kappa shape index (κ2) is 13.3. The van der Waals surface area contributed by atoms with Crippen LogP contribution in [-0.2, 0) is 23.8 Å². The Morgan fingerprint density at radius 2 is 1.76 bits per heavy atom. The fourth-order valence-corrected chi connectivity index (χ4v) is 5.55. The van der Waals surface area contributed by atoms with E-state index in [1.165, 1.54) is 10.9 Å². The molecule has 1 atom stereocenters. The fraction of sp³-hybridized carbons (Fsp3) is 0.235. The summed E-state index contributed by atoms with van der Waals surface area (Å²) in [4.78, 5) is 30.3. The number of halogens is 1. The summed E-state index contributed by atoms with van der Waals surface area (Å²) in [5.41, 5.74) is 14.6. The van der Waals surface area contributed by atoms with E-state index in [0.29, 0.717) is 22.0 Å². The molecule has 2 aromatic heterocycles. The van der Waals surface area contributed by atoms with Gasteiger partial charge in [0.2, 0.25) is 10.8 Å². The van der Waals surface area contributed by atoms with E-state index in [0.717, 1.165) is 39.2 Å². The maximum Gasteiger partial charge on any atom is 0.270 e. The first kappa shape index (κ1) is 32.0. The molecule has 2 amide bonds. The van der Waals surface area contributed by atoms with Crippen LogP contribution in [0, 0.1) is 19.4 Å². The average molecular weight is 637 g/mol. The molecule has 5 rings (SSSR count). The lowest BCUT2D eigenvalue weighted by Crippen LogP contribution is -2.45. The highest BCUT2D eigenvalue weighted by Crippen LogP contribution is 2.31. The lowest BCUT2D eigenvalue weighted by Gasteiger charge is -2.20. The Kier molecular flexibility index (Phi) is 9.27. The van der Waals surface area contributed by atoms with E-state index in [4.69, 9.17) is 17.1 Å². The number of aryl methyl sites for hydroxylation is 3. The van der Waals surface area contributed by atoms with Crippen LogP contribution in [0.4, 0.5) is 5.69 Å². The van der Waals surface area contributed by atoms with E-state index < -0.39 is 23.4 Å². The summed E-state index contributed by atoms with van der Waals surface area (Å²) in [6.07, 6.45) is 1.65. The van der Waals surface area contributed by atoms with Gasteiger partial charge in [-0.05, 0) is 91.9 Å². The monoisotopic (exact) mass is 636 g/mol. The summed E-state index contributed by atoms with van der Waals surface area (Å²) in [6.45, 7) is 7.68. The molecule has 2 heterocycles. The maximum absolute atomic E-state index is 13.8. The van der Waals surface area contributed by atoms with Crippen LogP contribution in [0.5, 0.6) is 0 Å². The highest BCUT2D eigenvalue weighted by atomic mass is 35.5. The Morgan fingerprint density at radius 3 is 2.41 bits per heavy atom. The van der Waals surface area contributed by atoms with Gasteiger partial charge in [-0.1, -0.05) is 48.0 Å². The third-order valence-electron chi connectivity index (χ3n) is 7.92. The highest BCUT2D eigenvalue weighted by Gasteiger charge is 2.27. The zero-order valence-corrected chi connectivity index (χ0v) is 27.0. The minimum atomic E-state index is -0.962. The number of hydrogen-bond acceptors (Lipinski definition) is 6. The van der Waals surface area contributed by atoms with Gasteiger partial charge in [-0.25, -0.2) is 0 Å². The molecule has 12 heteroatoms. The molecule has 0 spiro atoms. The first-order valence-corrected chi connectivity index (χ1v) is 15.0. The van der Waals surface area contributed by atoms with Crippen molar-refractivity contribution in [3.8, 4) is 22.3 Å². The van der Waals surface area contributed by atoms with E-state index in [9.17, 15) is 9.59 Å². The molecule has 0 saturated heterocycles. The van der Waals surface area contributed by atoms with Gasteiger partial charge in [-0.15, -0.1) is 0 Å². The number of amides is 2. The van der Waals surface area contributed by atoms with Crippen molar-refractivity contribution in [2.75, 3.05) is 5.32 Å². The van der Waals surface area contributed by atoms with Crippen LogP contribution >= 0.6 is 11.6 Å². The molecule has 0 aliphatic heterocycles. The van der Waals surface area contributed by atoms with Crippen molar-refractivity contribution in [3.63, 3.8) is 0 Å². The molecule has 0 aliphatic rings. The average Bonchev–Trinajstić information content (AvgIpc) is 3.62. The quantitative estimate of drug-likeness (QED) is 0.102. The van der Waals surface area contributed by atoms with Crippen molar-refractivity contribution in [3.05, 3.63) is 112 Å². The first-order valence-electron chi connectivity index (χ1n) is 14.7. The van der Waals surface area contributed by atoms with Crippen molar-refractivity contribution in [2.24, 2.45) is 12.2 Å². The summed E-state index contributed by atoms with van der Waals surface area (Å²) in [7, 11) is 1.66. The molecule has 11 nitrogen and oxygen atoms in total. The number of H-pyrrole nitrogens is 1. The van der Waals surface area contributed by atoms with E-state index in [-0.39, 0.29) is 6.42 Å². The lowest BCUT2D eigenvalue weighted by molar-refractivity contribution is -0.118. The lowest BCUT2D eigenvalue weighted by atomic mass is 9.91. The molecule has 3 aromatic carbocycles. The Bertz CT molecular complexity index is 1930. The SMILES string of the molecule is Cc1n[nH]c(C)c1-c1ccc(NC(=O)[C@H](Cc2cc(-c3cccc(C(C)(C)N=[N+]=N)c3)ccc2Cl)NC(=O)c2ccnn2C)cc1. The van der Waals surface area contributed by atoms with Gasteiger partial charge in [0.05, 0.1) is 5.69 Å². The van der Waals surface area contributed by atoms with Gasteiger partial charge in [0, 0.05) is 41.6 Å². The second-order valence-electron chi connectivity index (χ2n) is 11.6.